The largest absolute Gasteiger partial charge is 0.454 e. The number of nitrogens with one attached hydrogen (secondary N) is 1. The quantitative estimate of drug-likeness (QED) is 0.699. The molecule has 0 radical (unpaired) electrons. The molecule has 1 N–H and O–H groups in total. The molecule has 1 aliphatic rings. The highest BCUT2D eigenvalue weighted by Gasteiger charge is 2.18. The highest BCUT2D eigenvalue weighted by atomic mass is 16.7. The van der Waals surface area contributed by atoms with E-state index in [2.05, 4.69) is 11.4 Å². The summed E-state index contributed by atoms with van der Waals surface area (Å²) in [6.45, 7) is 3.80. The summed E-state index contributed by atoms with van der Waals surface area (Å²) in [5, 5.41) is 2.46. The van der Waals surface area contributed by atoms with Gasteiger partial charge in [0.25, 0.3) is 11.8 Å². The van der Waals surface area contributed by atoms with E-state index >= 15 is 0 Å². The minimum absolute atomic E-state index is 0.110. The minimum atomic E-state index is -0.697. The summed E-state index contributed by atoms with van der Waals surface area (Å²) in [6, 6.07) is 10.8. The Morgan fingerprint density at radius 3 is 2.60 bits per heavy atom. The van der Waals surface area contributed by atoms with Crippen LogP contribution in [0.4, 0.5) is 0 Å². The maximum Gasteiger partial charge on any atom is 0.325 e. The fourth-order valence-electron chi connectivity index (χ4n) is 2.96. The van der Waals surface area contributed by atoms with Crippen LogP contribution in [-0.2, 0) is 20.9 Å². The zero-order valence-corrected chi connectivity index (χ0v) is 17.2. The van der Waals surface area contributed by atoms with Crippen molar-refractivity contribution in [3.05, 3.63) is 58.7 Å². The van der Waals surface area contributed by atoms with Crippen LogP contribution in [0.5, 0.6) is 11.5 Å². The molecule has 0 saturated heterocycles. The van der Waals surface area contributed by atoms with Gasteiger partial charge in [0.05, 0.1) is 0 Å². The van der Waals surface area contributed by atoms with Crippen molar-refractivity contribution in [3.63, 3.8) is 0 Å². The molecule has 8 heteroatoms. The number of esters is 1. The third kappa shape index (κ3) is 5.28. The molecular formula is C22H24N2O6. The lowest BCUT2D eigenvalue weighted by molar-refractivity contribution is -0.150. The monoisotopic (exact) mass is 412 g/mol. The van der Waals surface area contributed by atoms with Gasteiger partial charge < -0.3 is 24.4 Å². The Morgan fingerprint density at radius 1 is 1.07 bits per heavy atom. The van der Waals surface area contributed by atoms with E-state index in [9.17, 15) is 14.4 Å². The van der Waals surface area contributed by atoms with Gasteiger partial charge in [0.2, 0.25) is 6.79 Å². The summed E-state index contributed by atoms with van der Waals surface area (Å²) >= 11 is 0. The summed E-state index contributed by atoms with van der Waals surface area (Å²) < 4.78 is 15.4. The third-order valence-corrected chi connectivity index (χ3v) is 4.72. The van der Waals surface area contributed by atoms with Gasteiger partial charge in [0.1, 0.15) is 6.54 Å². The molecule has 30 heavy (non-hydrogen) atoms. The molecule has 3 rings (SSSR count). The first-order valence-corrected chi connectivity index (χ1v) is 9.47. The summed E-state index contributed by atoms with van der Waals surface area (Å²) in [5.74, 6) is -0.441. The second kappa shape index (κ2) is 9.30. The van der Waals surface area contributed by atoms with Crippen molar-refractivity contribution in [3.8, 4) is 11.5 Å². The number of hydrogen-bond donors (Lipinski definition) is 1. The standard InChI is InChI=1S/C22H24N2O6/c1-14-4-5-17(15(2)8-14)11-24(3)20(25)12-28-21(26)10-23-22(27)16-6-7-18-19(9-16)30-13-29-18/h4-9H,10-13H2,1-3H3,(H,23,27). The Balaban J connectivity index is 1.42. The molecule has 1 aliphatic heterocycles. The molecule has 2 aromatic carbocycles. The number of hydrogen-bond acceptors (Lipinski definition) is 6. The lowest BCUT2D eigenvalue weighted by Crippen LogP contribution is -2.34. The second-order valence-corrected chi connectivity index (χ2v) is 7.09. The normalized spacial score (nSPS) is 11.7. The number of amides is 2. The Bertz CT molecular complexity index is 972. The van der Waals surface area contributed by atoms with Gasteiger partial charge in [0, 0.05) is 19.2 Å². The number of carbonyl (C=O) groups is 3. The first-order valence-electron chi connectivity index (χ1n) is 9.47. The Labute approximate surface area is 174 Å². The molecule has 0 aromatic heterocycles. The van der Waals surface area contributed by atoms with E-state index in [1.165, 1.54) is 11.0 Å². The number of fused-ring (bicyclic) bond motifs is 1. The van der Waals surface area contributed by atoms with E-state index in [1.54, 1.807) is 19.2 Å². The van der Waals surface area contributed by atoms with Crippen LogP contribution in [0, 0.1) is 13.8 Å². The van der Waals surface area contributed by atoms with Crippen LogP contribution in [0.15, 0.2) is 36.4 Å². The molecule has 8 nitrogen and oxygen atoms in total. The van der Waals surface area contributed by atoms with Gasteiger partial charge in [-0.15, -0.1) is 0 Å². The number of aryl methyl sites for hydroxylation is 2. The van der Waals surface area contributed by atoms with Crippen molar-refractivity contribution < 1.29 is 28.6 Å². The van der Waals surface area contributed by atoms with E-state index in [0.29, 0.717) is 23.6 Å². The molecule has 0 saturated carbocycles. The predicted octanol–water partition coefficient (Wildman–Crippen LogP) is 1.96. The van der Waals surface area contributed by atoms with Crippen LogP contribution >= 0.6 is 0 Å². The first kappa shape index (κ1) is 21.2. The lowest BCUT2D eigenvalue weighted by Gasteiger charge is -2.18. The molecule has 0 aliphatic carbocycles. The van der Waals surface area contributed by atoms with Crippen molar-refractivity contribution in [2.24, 2.45) is 0 Å². The fraction of sp³-hybridized carbons (Fsp3) is 0.318. The first-order chi connectivity index (χ1) is 14.3. The molecule has 0 unspecified atom stereocenters. The number of ether oxygens (including phenoxy) is 3. The highest BCUT2D eigenvalue weighted by Crippen LogP contribution is 2.32. The van der Waals surface area contributed by atoms with Crippen molar-refractivity contribution in [1.82, 2.24) is 10.2 Å². The van der Waals surface area contributed by atoms with Gasteiger partial charge in [-0.1, -0.05) is 23.8 Å². The number of nitrogens with zero attached hydrogens (tertiary/aromatic N) is 1. The zero-order chi connectivity index (χ0) is 21.7. The van der Waals surface area contributed by atoms with Crippen molar-refractivity contribution >= 4 is 17.8 Å². The van der Waals surface area contributed by atoms with E-state index in [0.717, 1.165) is 16.7 Å². The summed E-state index contributed by atoms with van der Waals surface area (Å²) in [7, 11) is 1.65. The van der Waals surface area contributed by atoms with E-state index in [4.69, 9.17) is 14.2 Å². The van der Waals surface area contributed by atoms with Crippen LogP contribution in [0.3, 0.4) is 0 Å². The average Bonchev–Trinajstić information content (AvgIpc) is 3.20. The Hall–Kier alpha value is -3.55. The molecule has 1 heterocycles. The average molecular weight is 412 g/mol. The topological polar surface area (TPSA) is 94.2 Å². The van der Waals surface area contributed by atoms with Crippen molar-refractivity contribution in [1.29, 1.82) is 0 Å². The second-order valence-electron chi connectivity index (χ2n) is 7.09. The highest BCUT2D eigenvalue weighted by molar-refractivity contribution is 5.96. The molecule has 0 fully saturated rings. The van der Waals surface area contributed by atoms with Crippen molar-refractivity contribution in [2.75, 3.05) is 27.0 Å². The van der Waals surface area contributed by atoms with Gasteiger partial charge in [-0.05, 0) is 43.2 Å². The number of rotatable bonds is 7. The molecule has 0 bridgehead atoms. The molecular weight excluding hydrogens is 388 g/mol. The van der Waals surface area contributed by atoms with Gasteiger partial charge >= 0.3 is 5.97 Å². The SMILES string of the molecule is Cc1ccc(CN(C)C(=O)COC(=O)CNC(=O)c2ccc3c(c2)OCO3)c(C)c1. The maximum absolute atomic E-state index is 12.2. The lowest BCUT2D eigenvalue weighted by atomic mass is 10.1. The molecule has 158 valence electrons. The van der Waals surface area contributed by atoms with Crippen LogP contribution in [0.1, 0.15) is 27.0 Å². The zero-order valence-electron chi connectivity index (χ0n) is 17.2. The summed E-state index contributed by atoms with van der Waals surface area (Å²) in [6.07, 6.45) is 0. The molecule has 2 aromatic rings. The van der Waals surface area contributed by atoms with Crippen LogP contribution in [0.25, 0.3) is 0 Å². The summed E-state index contributed by atoms with van der Waals surface area (Å²) in [5.41, 5.74) is 3.61. The number of carbonyl (C=O) groups excluding carboxylic acids is 3. The molecule has 0 spiro atoms. The van der Waals surface area contributed by atoms with E-state index < -0.39 is 11.9 Å². The third-order valence-electron chi connectivity index (χ3n) is 4.72. The number of benzene rings is 2. The molecule has 2 amide bonds. The predicted molar refractivity (Wildman–Crippen MR) is 108 cm³/mol. The van der Waals surface area contributed by atoms with Gasteiger partial charge in [-0.2, -0.15) is 0 Å². The van der Waals surface area contributed by atoms with Crippen LogP contribution in [-0.4, -0.2) is 49.7 Å². The van der Waals surface area contributed by atoms with Gasteiger partial charge in [-0.25, -0.2) is 0 Å². The summed E-state index contributed by atoms with van der Waals surface area (Å²) in [4.78, 5) is 37.8. The Kier molecular flexibility index (Phi) is 6.56. The van der Waals surface area contributed by atoms with Gasteiger partial charge in [-0.3, -0.25) is 14.4 Å². The van der Waals surface area contributed by atoms with Crippen molar-refractivity contribution in [2.45, 2.75) is 20.4 Å². The smallest absolute Gasteiger partial charge is 0.325 e. The van der Waals surface area contributed by atoms with Crippen LogP contribution in [0.2, 0.25) is 0 Å². The minimum Gasteiger partial charge on any atom is -0.454 e. The fourth-order valence-corrected chi connectivity index (χ4v) is 2.96. The Morgan fingerprint density at radius 2 is 1.83 bits per heavy atom. The maximum atomic E-state index is 12.2. The van der Waals surface area contributed by atoms with Crippen LogP contribution < -0.4 is 14.8 Å². The van der Waals surface area contributed by atoms with E-state index in [1.807, 2.05) is 26.0 Å². The van der Waals surface area contributed by atoms with E-state index in [-0.39, 0.29) is 25.9 Å². The molecule has 0 atom stereocenters. The number of likely N-dealkylation sites (N-methyl/N-ethyl adjacent to an activating group) is 1. The van der Waals surface area contributed by atoms with Gasteiger partial charge in [0.15, 0.2) is 18.1 Å².